The molecule has 2 aliphatic rings. The summed E-state index contributed by atoms with van der Waals surface area (Å²) in [6.07, 6.45) is -2.14. The molecule has 2 amide bonds. The minimum atomic E-state index is -5.08. The summed E-state index contributed by atoms with van der Waals surface area (Å²) in [6.45, 7) is 1.49. The van der Waals surface area contributed by atoms with E-state index in [0.29, 0.717) is 25.7 Å². The Morgan fingerprint density at radius 1 is 1.00 bits per heavy atom. The number of nitrogens with zero attached hydrogens (tertiary/aromatic N) is 1. The Morgan fingerprint density at radius 2 is 1.61 bits per heavy atom. The number of carbonyl (C=O) groups excluding carboxylic acids is 1. The summed E-state index contributed by atoms with van der Waals surface area (Å²) in [5.41, 5.74) is -1.21. The number of alkyl halides is 4. The maximum atomic E-state index is 13.1. The van der Waals surface area contributed by atoms with Crippen LogP contribution in [0.1, 0.15) is 29.5 Å². The van der Waals surface area contributed by atoms with E-state index < -0.39 is 24.0 Å². The second-order valence-corrected chi connectivity index (χ2v) is 9.64. The largest absolute Gasteiger partial charge is 0.424 e. The van der Waals surface area contributed by atoms with Gasteiger partial charge in [-0.15, -0.1) is 0 Å². The molecule has 2 aromatic carbocycles. The van der Waals surface area contributed by atoms with Crippen LogP contribution in [0.2, 0.25) is 0 Å². The molecule has 2 heterocycles. The monoisotopic (exact) mass is 509 g/mol. The van der Waals surface area contributed by atoms with Gasteiger partial charge in [-0.2, -0.15) is 13.2 Å². The third-order valence-electron chi connectivity index (χ3n) is 6.92. The second kappa shape index (κ2) is 11.1. The van der Waals surface area contributed by atoms with Crippen molar-refractivity contribution >= 4 is 11.7 Å². The van der Waals surface area contributed by atoms with Crippen LogP contribution in [0.15, 0.2) is 48.5 Å². The van der Waals surface area contributed by atoms with Gasteiger partial charge < -0.3 is 20.5 Å². The molecule has 2 aromatic rings. The Bertz CT molecular complexity index is 1000. The lowest BCUT2D eigenvalue weighted by atomic mass is 9.89. The summed E-state index contributed by atoms with van der Waals surface area (Å²) in [4.78, 5) is 14.2. The number of rotatable bonds is 8. The first-order chi connectivity index (χ1) is 17.2. The number of aliphatic hydroxyl groups is 1. The number of halogens is 4. The molecule has 0 saturated carbocycles. The van der Waals surface area contributed by atoms with E-state index in [4.69, 9.17) is 4.74 Å². The smallest absolute Gasteiger partial charge is 0.377 e. The molecule has 3 N–H and O–H groups in total. The van der Waals surface area contributed by atoms with E-state index in [2.05, 4.69) is 15.5 Å². The van der Waals surface area contributed by atoms with Gasteiger partial charge in [-0.1, -0.05) is 36.4 Å². The molecular weight excluding hydrogens is 478 g/mol. The van der Waals surface area contributed by atoms with Gasteiger partial charge in [-0.3, -0.25) is 4.90 Å². The van der Waals surface area contributed by atoms with Gasteiger partial charge in [-0.05, 0) is 67.1 Å². The van der Waals surface area contributed by atoms with Gasteiger partial charge >= 0.3 is 12.2 Å². The number of carbonyl (C=O) groups is 1. The van der Waals surface area contributed by atoms with Crippen LogP contribution in [-0.2, 0) is 23.3 Å². The van der Waals surface area contributed by atoms with Gasteiger partial charge in [0.15, 0.2) is 0 Å². The van der Waals surface area contributed by atoms with Crippen LogP contribution in [0.4, 0.5) is 28.0 Å². The van der Waals surface area contributed by atoms with Crippen LogP contribution >= 0.6 is 0 Å². The summed E-state index contributed by atoms with van der Waals surface area (Å²) in [5, 5.41) is 15.4. The van der Waals surface area contributed by atoms with Crippen molar-refractivity contribution in [3.63, 3.8) is 0 Å². The maximum Gasteiger partial charge on any atom is 0.424 e. The van der Waals surface area contributed by atoms with E-state index in [1.54, 1.807) is 0 Å². The molecule has 0 aromatic heterocycles. The number of piperidine rings is 1. The van der Waals surface area contributed by atoms with E-state index in [-0.39, 0.29) is 12.1 Å². The van der Waals surface area contributed by atoms with Gasteiger partial charge in [0.2, 0.25) is 5.60 Å². The minimum Gasteiger partial charge on any atom is -0.377 e. The highest BCUT2D eigenvalue weighted by molar-refractivity contribution is 5.89. The predicted molar refractivity (Wildman–Crippen MR) is 127 cm³/mol. The molecule has 0 spiro atoms. The molecule has 4 rings (SSSR count). The van der Waals surface area contributed by atoms with E-state index in [1.165, 1.54) is 17.7 Å². The summed E-state index contributed by atoms with van der Waals surface area (Å²) >= 11 is 0. The third kappa shape index (κ3) is 6.35. The summed E-state index contributed by atoms with van der Waals surface area (Å²) in [6, 6.07) is 13.0. The zero-order chi connectivity index (χ0) is 25.8. The highest BCUT2D eigenvalue weighted by atomic mass is 19.4. The predicted octanol–water partition coefficient (Wildman–Crippen LogP) is 4.38. The van der Waals surface area contributed by atoms with Gasteiger partial charge in [0.05, 0.1) is 19.3 Å². The number of urea groups is 1. The highest BCUT2D eigenvalue weighted by Gasteiger charge is 2.55. The van der Waals surface area contributed by atoms with Crippen molar-refractivity contribution in [2.24, 2.45) is 5.92 Å². The van der Waals surface area contributed by atoms with Crippen LogP contribution in [0, 0.1) is 5.92 Å². The molecule has 1 unspecified atom stereocenters. The Balaban J connectivity index is 1.22. The third-order valence-corrected chi connectivity index (χ3v) is 6.92. The van der Waals surface area contributed by atoms with Crippen molar-refractivity contribution in [2.45, 2.75) is 43.6 Å². The van der Waals surface area contributed by atoms with Crippen LogP contribution < -0.4 is 10.6 Å². The number of nitrogens with one attached hydrogen (secondary N) is 2. The average Bonchev–Trinajstić information content (AvgIpc) is 2.83. The zero-order valence-electron chi connectivity index (χ0n) is 19.9. The highest BCUT2D eigenvalue weighted by Crippen LogP contribution is 2.39. The number of ether oxygens (including phenoxy) is 1. The molecule has 2 aliphatic heterocycles. The van der Waals surface area contributed by atoms with Crippen molar-refractivity contribution in [3.05, 3.63) is 65.2 Å². The zero-order valence-corrected chi connectivity index (χ0v) is 19.9. The molecule has 36 heavy (non-hydrogen) atoms. The number of hydrogen-bond donors (Lipinski definition) is 3. The Kier molecular flexibility index (Phi) is 8.17. The quantitative estimate of drug-likeness (QED) is 0.462. The molecule has 2 saturated heterocycles. The molecule has 6 nitrogen and oxygen atoms in total. The van der Waals surface area contributed by atoms with Crippen LogP contribution in [0.25, 0.3) is 0 Å². The van der Waals surface area contributed by atoms with Crippen molar-refractivity contribution in [3.8, 4) is 0 Å². The van der Waals surface area contributed by atoms with Gasteiger partial charge in [0.25, 0.3) is 0 Å². The fourth-order valence-corrected chi connectivity index (χ4v) is 4.54. The first-order valence-corrected chi connectivity index (χ1v) is 12.1. The molecule has 196 valence electrons. The molecular formula is C26H31F4N3O3. The van der Waals surface area contributed by atoms with Crippen LogP contribution in [0.3, 0.4) is 0 Å². The Morgan fingerprint density at radius 3 is 2.14 bits per heavy atom. The van der Waals surface area contributed by atoms with E-state index in [9.17, 15) is 27.5 Å². The average molecular weight is 510 g/mol. The Hall–Kier alpha value is -2.69. The van der Waals surface area contributed by atoms with Crippen LogP contribution in [-0.4, -0.2) is 61.2 Å². The topological polar surface area (TPSA) is 73.8 Å². The van der Waals surface area contributed by atoms with Gasteiger partial charge in [0.1, 0.15) is 6.67 Å². The lowest BCUT2D eigenvalue weighted by Gasteiger charge is -2.32. The summed E-state index contributed by atoms with van der Waals surface area (Å²) < 4.78 is 57.2. The lowest BCUT2D eigenvalue weighted by molar-refractivity contribution is -0.271. The number of likely N-dealkylation sites (tertiary alicyclic amines) is 1. The number of benzene rings is 2. The SMILES string of the molecule is O=C(Nc1ccc(CC2CCN(Cc3ccc(C(O)(CF)C(F)(F)F)cc3)CC2)cc1)NC1COC1. The first kappa shape index (κ1) is 26.4. The van der Waals surface area contributed by atoms with Crippen molar-refractivity contribution < 1.29 is 32.2 Å². The number of hydrogen-bond acceptors (Lipinski definition) is 4. The normalized spacial score (nSPS) is 19.4. The van der Waals surface area contributed by atoms with Crippen LogP contribution in [0.5, 0.6) is 0 Å². The van der Waals surface area contributed by atoms with E-state index in [0.717, 1.165) is 55.7 Å². The molecule has 0 bridgehead atoms. The molecule has 2 fully saturated rings. The Labute approximate surface area is 207 Å². The molecule has 0 aliphatic carbocycles. The summed E-state index contributed by atoms with van der Waals surface area (Å²) in [7, 11) is 0. The fraction of sp³-hybridized carbons (Fsp3) is 0.500. The molecule has 1 atom stereocenters. The van der Waals surface area contributed by atoms with Crippen molar-refractivity contribution in [1.82, 2.24) is 10.2 Å². The van der Waals surface area contributed by atoms with Gasteiger partial charge in [-0.25, -0.2) is 9.18 Å². The summed E-state index contributed by atoms with van der Waals surface area (Å²) in [5.74, 6) is 0.524. The molecule has 10 heteroatoms. The standard InChI is InChI=1S/C26H31F4N3O3/c27-17-25(35,26(28,29)30)21-5-1-20(2-6-21)14-33-11-9-19(10-12-33)13-18-3-7-22(8-4-18)31-24(34)32-23-15-36-16-23/h1-8,19,23,35H,9-17H2,(H2,31,32,34). The van der Waals surface area contributed by atoms with Gasteiger partial charge in [0, 0.05) is 12.2 Å². The lowest BCUT2D eigenvalue weighted by Crippen LogP contribution is -2.49. The van der Waals surface area contributed by atoms with E-state index >= 15 is 0 Å². The minimum absolute atomic E-state index is 0.0743. The van der Waals surface area contributed by atoms with Crippen molar-refractivity contribution in [2.75, 3.05) is 38.3 Å². The molecule has 0 radical (unpaired) electrons. The number of anilines is 1. The van der Waals surface area contributed by atoms with Crippen molar-refractivity contribution in [1.29, 1.82) is 0 Å². The number of amides is 2. The first-order valence-electron chi connectivity index (χ1n) is 12.1. The fourth-order valence-electron chi connectivity index (χ4n) is 4.54. The maximum absolute atomic E-state index is 13.1. The van der Waals surface area contributed by atoms with E-state index in [1.807, 2.05) is 24.3 Å². The second-order valence-electron chi connectivity index (χ2n) is 9.64.